The second-order valence-corrected chi connectivity index (χ2v) is 4.79. The van der Waals surface area contributed by atoms with Gasteiger partial charge in [-0.3, -0.25) is 4.79 Å². The first-order valence-electron chi connectivity index (χ1n) is 6.33. The topological polar surface area (TPSA) is 57.8 Å². The van der Waals surface area contributed by atoms with Gasteiger partial charge in [-0.15, -0.1) is 0 Å². The number of carbonyl (C=O) groups is 1. The lowest BCUT2D eigenvalue weighted by Gasteiger charge is -2.15. The third-order valence-corrected chi connectivity index (χ3v) is 3.35. The van der Waals surface area contributed by atoms with Crippen molar-refractivity contribution in [2.45, 2.75) is 25.8 Å². The van der Waals surface area contributed by atoms with Crippen molar-refractivity contribution in [1.82, 2.24) is 15.3 Å². The van der Waals surface area contributed by atoms with Crippen LogP contribution in [-0.4, -0.2) is 15.9 Å². The quantitative estimate of drug-likeness (QED) is 0.891. The highest BCUT2D eigenvalue weighted by Gasteiger charge is 2.17. The Bertz CT molecular complexity index is 566. The second kappa shape index (κ2) is 6.52. The number of nitrogens with one attached hydrogen (secondary N) is 2. The number of amides is 1. The molecule has 1 unspecified atom stereocenters. The molecule has 2 rings (SSSR count). The molecule has 0 bridgehead atoms. The van der Waals surface area contributed by atoms with Crippen molar-refractivity contribution in [2.75, 3.05) is 0 Å². The highest BCUT2D eigenvalue weighted by Crippen LogP contribution is 2.20. The van der Waals surface area contributed by atoms with E-state index in [1.807, 2.05) is 6.92 Å². The lowest BCUT2D eigenvalue weighted by atomic mass is 10.1. The summed E-state index contributed by atoms with van der Waals surface area (Å²) in [5.74, 6) is -0.0839. The fourth-order valence-corrected chi connectivity index (χ4v) is 2.17. The molecule has 1 aromatic heterocycles. The van der Waals surface area contributed by atoms with Gasteiger partial charge in [0.2, 0.25) is 5.91 Å². The maximum atomic E-state index is 13.6. The zero-order valence-electron chi connectivity index (χ0n) is 11.0. The molecule has 1 aromatic carbocycles. The number of aromatic nitrogens is 2. The molecule has 0 aliphatic rings. The van der Waals surface area contributed by atoms with Crippen LogP contribution in [-0.2, 0) is 11.2 Å². The average molecular weight is 296 g/mol. The van der Waals surface area contributed by atoms with Crippen molar-refractivity contribution in [3.8, 4) is 0 Å². The van der Waals surface area contributed by atoms with Crippen LogP contribution < -0.4 is 5.32 Å². The Kier molecular flexibility index (Phi) is 4.74. The molecular formula is C14H15ClFN3O. The molecule has 0 aliphatic heterocycles. The molecule has 0 fully saturated rings. The van der Waals surface area contributed by atoms with E-state index in [4.69, 9.17) is 11.6 Å². The van der Waals surface area contributed by atoms with E-state index in [-0.39, 0.29) is 29.0 Å². The van der Waals surface area contributed by atoms with Gasteiger partial charge in [-0.25, -0.2) is 9.37 Å². The van der Waals surface area contributed by atoms with Crippen LogP contribution in [0.15, 0.2) is 30.6 Å². The molecule has 4 nitrogen and oxygen atoms in total. The SMILES string of the molecule is CCC(NC(=O)Cc1c(F)cccc1Cl)c1ncc[nH]1. The van der Waals surface area contributed by atoms with Gasteiger partial charge in [0.15, 0.2) is 0 Å². The Hall–Kier alpha value is -1.88. The van der Waals surface area contributed by atoms with E-state index in [1.165, 1.54) is 12.1 Å². The zero-order valence-corrected chi connectivity index (χ0v) is 11.7. The smallest absolute Gasteiger partial charge is 0.225 e. The molecule has 0 saturated heterocycles. The van der Waals surface area contributed by atoms with E-state index in [0.29, 0.717) is 12.2 Å². The maximum Gasteiger partial charge on any atom is 0.225 e. The highest BCUT2D eigenvalue weighted by atomic mass is 35.5. The Balaban J connectivity index is 2.05. The molecule has 6 heteroatoms. The van der Waals surface area contributed by atoms with Gasteiger partial charge in [0.05, 0.1) is 12.5 Å². The number of nitrogens with zero attached hydrogens (tertiary/aromatic N) is 1. The first-order chi connectivity index (χ1) is 9.61. The Morgan fingerprint density at radius 1 is 1.55 bits per heavy atom. The number of carbonyl (C=O) groups excluding carboxylic acids is 1. The van der Waals surface area contributed by atoms with E-state index < -0.39 is 5.82 Å². The molecular weight excluding hydrogens is 281 g/mol. The van der Waals surface area contributed by atoms with Gasteiger partial charge < -0.3 is 10.3 Å². The van der Waals surface area contributed by atoms with Crippen molar-refractivity contribution in [3.63, 3.8) is 0 Å². The van der Waals surface area contributed by atoms with Gasteiger partial charge in [0.1, 0.15) is 11.6 Å². The van der Waals surface area contributed by atoms with Crippen molar-refractivity contribution >= 4 is 17.5 Å². The van der Waals surface area contributed by atoms with E-state index >= 15 is 0 Å². The predicted molar refractivity (Wildman–Crippen MR) is 74.9 cm³/mol. The molecule has 1 atom stereocenters. The van der Waals surface area contributed by atoms with Crippen LogP contribution >= 0.6 is 11.6 Å². The number of rotatable bonds is 5. The van der Waals surface area contributed by atoms with Crippen molar-refractivity contribution in [1.29, 1.82) is 0 Å². The molecule has 2 N–H and O–H groups in total. The second-order valence-electron chi connectivity index (χ2n) is 4.38. The molecule has 0 aliphatic carbocycles. The standard InChI is InChI=1S/C14H15ClFN3O/c1-2-12(14-17-6-7-18-14)19-13(20)8-9-10(15)4-3-5-11(9)16/h3-7,12H,2,8H2,1H3,(H,17,18)(H,19,20). The third-order valence-electron chi connectivity index (χ3n) is 2.99. The zero-order chi connectivity index (χ0) is 14.5. The van der Waals surface area contributed by atoms with E-state index in [9.17, 15) is 9.18 Å². The number of aromatic amines is 1. The Morgan fingerprint density at radius 2 is 2.35 bits per heavy atom. The van der Waals surface area contributed by atoms with E-state index in [1.54, 1.807) is 18.5 Å². The molecule has 20 heavy (non-hydrogen) atoms. The number of benzene rings is 1. The lowest BCUT2D eigenvalue weighted by Crippen LogP contribution is -2.30. The van der Waals surface area contributed by atoms with Crippen LogP contribution in [0.1, 0.15) is 30.8 Å². The summed E-state index contributed by atoms with van der Waals surface area (Å²) in [5, 5.41) is 3.07. The van der Waals surface area contributed by atoms with Crippen LogP contribution in [0.5, 0.6) is 0 Å². The lowest BCUT2D eigenvalue weighted by molar-refractivity contribution is -0.121. The van der Waals surface area contributed by atoms with Gasteiger partial charge >= 0.3 is 0 Å². The van der Waals surface area contributed by atoms with Crippen LogP contribution in [0.2, 0.25) is 5.02 Å². The van der Waals surface area contributed by atoms with Crippen LogP contribution in [0.25, 0.3) is 0 Å². The van der Waals surface area contributed by atoms with Crippen LogP contribution in [0.3, 0.4) is 0 Å². The maximum absolute atomic E-state index is 13.6. The normalized spacial score (nSPS) is 12.2. The van der Waals surface area contributed by atoms with Gasteiger partial charge in [-0.05, 0) is 18.6 Å². The molecule has 1 amide bonds. The van der Waals surface area contributed by atoms with Gasteiger partial charge in [-0.1, -0.05) is 24.6 Å². The van der Waals surface area contributed by atoms with Crippen LogP contribution in [0, 0.1) is 5.82 Å². The molecule has 106 valence electrons. The molecule has 0 spiro atoms. The summed E-state index contributed by atoms with van der Waals surface area (Å²) in [7, 11) is 0. The molecule has 1 heterocycles. The number of H-pyrrole nitrogens is 1. The summed E-state index contributed by atoms with van der Waals surface area (Å²) in [6, 6.07) is 4.15. The van der Waals surface area contributed by atoms with E-state index in [0.717, 1.165) is 0 Å². The number of halogens is 2. The minimum Gasteiger partial charge on any atom is -0.347 e. The average Bonchev–Trinajstić information content (AvgIpc) is 2.94. The third kappa shape index (κ3) is 3.36. The van der Waals surface area contributed by atoms with Crippen molar-refractivity contribution < 1.29 is 9.18 Å². The monoisotopic (exact) mass is 295 g/mol. The summed E-state index contributed by atoms with van der Waals surface area (Å²) in [5.41, 5.74) is 0.209. The fraction of sp³-hybridized carbons (Fsp3) is 0.286. The number of hydrogen-bond donors (Lipinski definition) is 2. The summed E-state index contributed by atoms with van der Waals surface area (Å²) < 4.78 is 13.6. The minimum atomic E-state index is -0.473. The Labute approximate surface area is 121 Å². The first-order valence-corrected chi connectivity index (χ1v) is 6.71. The number of hydrogen-bond acceptors (Lipinski definition) is 2. The summed E-state index contributed by atoms with van der Waals surface area (Å²) in [6.07, 6.45) is 3.91. The fourth-order valence-electron chi connectivity index (χ4n) is 1.94. The first kappa shape index (κ1) is 14.5. The molecule has 2 aromatic rings. The summed E-state index contributed by atoms with van der Waals surface area (Å²) in [4.78, 5) is 19.1. The van der Waals surface area contributed by atoms with Crippen molar-refractivity contribution in [3.05, 3.63) is 52.8 Å². The van der Waals surface area contributed by atoms with Crippen molar-refractivity contribution in [2.24, 2.45) is 0 Å². The van der Waals surface area contributed by atoms with E-state index in [2.05, 4.69) is 15.3 Å². The van der Waals surface area contributed by atoms with Gasteiger partial charge in [0, 0.05) is 23.0 Å². The number of imidazole rings is 1. The Morgan fingerprint density at radius 3 is 2.95 bits per heavy atom. The van der Waals surface area contributed by atoms with Gasteiger partial charge in [0.25, 0.3) is 0 Å². The summed E-state index contributed by atoms with van der Waals surface area (Å²) in [6.45, 7) is 1.93. The predicted octanol–water partition coefficient (Wildman–Crippen LogP) is 3.01. The van der Waals surface area contributed by atoms with Gasteiger partial charge in [-0.2, -0.15) is 0 Å². The minimum absolute atomic E-state index is 0.0945. The molecule has 0 saturated carbocycles. The highest BCUT2D eigenvalue weighted by molar-refractivity contribution is 6.31. The largest absolute Gasteiger partial charge is 0.347 e. The summed E-state index contributed by atoms with van der Waals surface area (Å²) >= 11 is 5.91. The van der Waals surface area contributed by atoms with Crippen LogP contribution in [0.4, 0.5) is 4.39 Å². The molecule has 0 radical (unpaired) electrons.